The number of rotatable bonds is 12. The molecule has 3 unspecified atom stereocenters. The SMILES string of the molecule is CCCC(=O)N(Cc1cncn1C(Cc1ccccc1Cl)C(C)S)C(Cc1ccccc1)C(=O)O. The molecule has 3 atom stereocenters. The van der Waals surface area contributed by atoms with E-state index in [2.05, 4.69) is 4.98 Å². The number of benzene rings is 2. The summed E-state index contributed by atoms with van der Waals surface area (Å²) in [4.78, 5) is 31.3. The first-order chi connectivity index (χ1) is 16.8. The van der Waals surface area contributed by atoms with Crippen LogP contribution in [0, 0.1) is 0 Å². The lowest BCUT2D eigenvalue weighted by Crippen LogP contribution is -2.46. The number of aliphatic carboxylic acids is 1. The van der Waals surface area contributed by atoms with Crippen molar-refractivity contribution >= 4 is 36.1 Å². The summed E-state index contributed by atoms with van der Waals surface area (Å²) in [5, 5.41) is 10.7. The number of hydrogen-bond donors (Lipinski definition) is 2. The zero-order valence-corrected chi connectivity index (χ0v) is 21.7. The summed E-state index contributed by atoms with van der Waals surface area (Å²) in [7, 11) is 0. The zero-order valence-electron chi connectivity index (χ0n) is 20.0. The summed E-state index contributed by atoms with van der Waals surface area (Å²) in [5.41, 5.74) is 2.61. The highest BCUT2D eigenvalue weighted by Gasteiger charge is 2.31. The van der Waals surface area contributed by atoms with Gasteiger partial charge in [-0.05, 0) is 30.0 Å². The maximum absolute atomic E-state index is 13.2. The maximum atomic E-state index is 13.2. The van der Waals surface area contributed by atoms with E-state index < -0.39 is 12.0 Å². The summed E-state index contributed by atoms with van der Waals surface area (Å²) in [5.74, 6) is -1.22. The van der Waals surface area contributed by atoms with Crippen LogP contribution in [-0.4, -0.2) is 42.7 Å². The standard InChI is InChI=1S/C27H32ClN3O3S/c1-3-9-26(32)30(25(27(33)34)14-20-10-5-4-6-11-20)17-22-16-29-18-31(22)24(19(2)35)15-21-12-7-8-13-23(21)28/h4-8,10-13,16,18-19,24-25,35H,3,9,14-15,17H2,1-2H3,(H,33,34). The molecule has 3 aromatic rings. The first-order valence-corrected chi connectivity index (χ1v) is 12.7. The summed E-state index contributed by atoms with van der Waals surface area (Å²) >= 11 is 11.1. The first kappa shape index (κ1) is 26.8. The quantitative estimate of drug-likeness (QED) is 0.315. The normalized spacial score (nSPS) is 13.7. The van der Waals surface area contributed by atoms with E-state index in [0.717, 1.165) is 16.8 Å². The van der Waals surface area contributed by atoms with Gasteiger partial charge >= 0.3 is 5.97 Å². The average Bonchev–Trinajstić information content (AvgIpc) is 3.29. The van der Waals surface area contributed by atoms with Crippen LogP contribution in [0.2, 0.25) is 5.02 Å². The fourth-order valence-corrected chi connectivity index (χ4v) is 4.68. The minimum absolute atomic E-state index is 0.0430. The minimum atomic E-state index is -1.03. The van der Waals surface area contributed by atoms with Crippen molar-refractivity contribution in [2.45, 2.75) is 63.4 Å². The Morgan fingerprint density at radius 2 is 1.80 bits per heavy atom. The number of amides is 1. The van der Waals surface area contributed by atoms with E-state index in [1.165, 1.54) is 4.90 Å². The van der Waals surface area contributed by atoms with Gasteiger partial charge in [0, 0.05) is 29.3 Å². The maximum Gasteiger partial charge on any atom is 0.326 e. The highest BCUT2D eigenvalue weighted by molar-refractivity contribution is 7.80. The molecule has 6 nitrogen and oxygen atoms in total. The number of carbonyl (C=O) groups excluding carboxylic acids is 1. The number of carboxylic acids is 1. The smallest absolute Gasteiger partial charge is 0.326 e. The molecule has 0 aliphatic rings. The van der Waals surface area contributed by atoms with Gasteiger partial charge in [0.05, 0.1) is 24.6 Å². The molecule has 0 spiro atoms. The lowest BCUT2D eigenvalue weighted by molar-refractivity contribution is -0.151. The third kappa shape index (κ3) is 7.12. The van der Waals surface area contributed by atoms with Crippen molar-refractivity contribution in [1.82, 2.24) is 14.5 Å². The average molecular weight is 514 g/mol. The Morgan fingerprint density at radius 1 is 1.11 bits per heavy atom. The molecule has 0 aliphatic carbocycles. The molecule has 8 heteroatoms. The van der Waals surface area contributed by atoms with Crippen molar-refractivity contribution < 1.29 is 14.7 Å². The Kier molecular flexibility index (Phi) is 9.81. The van der Waals surface area contributed by atoms with Crippen LogP contribution in [0.5, 0.6) is 0 Å². The molecule has 35 heavy (non-hydrogen) atoms. The number of aromatic nitrogens is 2. The molecule has 0 radical (unpaired) electrons. The van der Waals surface area contributed by atoms with Gasteiger partial charge in [-0.2, -0.15) is 12.6 Å². The predicted octanol–water partition coefficient (Wildman–Crippen LogP) is 5.46. The first-order valence-electron chi connectivity index (χ1n) is 11.8. The van der Waals surface area contributed by atoms with Crippen molar-refractivity contribution in [3.8, 4) is 0 Å². The molecule has 1 heterocycles. The number of carboxylic acid groups (broad SMARTS) is 1. The summed E-state index contributed by atoms with van der Waals surface area (Å²) in [6.07, 6.45) is 5.19. The molecule has 0 aliphatic heterocycles. The molecule has 0 saturated carbocycles. The zero-order chi connectivity index (χ0) is 25.4. The van der Waals surface area contributed by atoms with Crippen LogP contribution in [0.1, 0.15) is 49.6 Å². The van der Waals surface area contributed by atoms with Crippen LogP contribution in [-0.2, 0) is 29.0 Å². The van der Waals surface area contributed by atoms with Gasteiger partial charge in [0.25, 0.3) is 0 Å². The van der Waals surface area contributed by atoms with Crippen LogP contribution in [0.4, 0.5) is 0 Å². The van der Waals surface area contributed by atoms with Crippen molar-refractivity contribution in [2.75, 3.05) is 0 Å². The summed E-state index contributed by atoms with van der Waals surface area (Å²) in [6.45, 7) is 4.06. The lowest BCUT2D eigenvalue weighted by atomic mass is 10.0. The molecule has 1 aromatic heterocycles. The molecular weight excluding hydrogens is 482 g/mol. The van der Waals surface area contributed by atoms with E-state index in [1.54, 1.807) is 12.5 Å². The fourth-order valence-electron chi connectivity index (χ4n) is 4.22. The van der Waals surface area contributed by atoms with Gasteiger partial charge in [0.1, 0.15) is 6.04 Å². The van der Waals surface area contributed by atoms with E-state index in [4.69, 9.17) is 24.2 Å². The van der Waals surface area contributed by atoms with Gasteiger partial charge in [-0.1, -0.05) is 74.0 Å². The monoisotopic (exact) mass is 513 g/mol. The second-order valence-corrected chi connectivity index (χ2v) is 9.93. The molecule has 1 N–H and O–H groups in total. The van der Waals surface area contributed by atoms with Gasteiger partial charge in [-0.15, -0.1) is 0 Å². The molecule has 0 bridgehead atoms. The van der Waals surface area contributed by atoms with Gasteiger partial charge in [0.15, 0.2) is 0 Å². The van der Waals surface area contributed by atoms with E-state index in [1.807, 2.05) is 73.0 Å². The number of thiol groups is 1. The highest BCUT2D eigenvalue weighted by Crippen LogP contribution is 2.28. The van der Waals surface area contributed by atoms with Crippen molar-refractivity contribution in [2.24, 2.45) is 0 Å². The molecule has 0 fully saturated rings. The Balaban J connectivity index is 1.93. The number of hydrogen-bond acceptors (Lipinski definition) is 4. The predicted molar refractivity (Wildman–Crippen MR) is 142 cm³/mol. The van der Waals surface area contributed by atoms with Crippen LogP contribution in [0.15, 0.2) is 67.1 Å². The number of imidazole rings is 1. The fraction of sp³-hybridized carbons (Fsp3) is 0.370. The second kappa shape index (κ2) is 12.8. The van der Waals surface area contributed by atoms with E-state index in [0.29, 0.717) is 17.9 Å². The van der Waals surface area contributed by atoms with Gasteiger partial charge in [-0.3, -0.25) is 4.79 Å². The molecule has 186 valence electrons. The molecule has 0 saturated heterocycles. The highest BCUT2D eigenvalue weighted by atomic mass is 35.5. The van der Waals surface area contributed by atoms with E-state index >= 15 is 0 Å². The van der Waals surface area contributed by atoms with Crippen LogP contribution in [0.3, 0.4) is 0 Å². The number of carbonyl (C=O) groups is 2. The largest absolute Gasteiger partial charge is 0.480 e. The third-order valence-corrected chi connectivity index (χ3v) is 6.81. The molecule has 2 aromatic carbocycles. The van der Waals surface area contributed by atoms with Gasteiger partial charge < -0.3 is 14.6 Å². The molecule has 1 amide bonds. The Morgan fingerprint density at radius 3 is 2.43 bits per heavy atom. The number of halogens is 1. The Labute approximate surface area is 217 Å². The van der Waals surface area contributed by atoms with E-state index in [9.17, 15) is 14.7 Å². The van der Waals surface area contributed by atoms with Crippen LogP contribution >= 0.6 is 24.2 Å². The Bertz CT molecular complexity index is 1120. The van der Waals surface area contributed by atoms with Crippen LogP contribution < -0.4 is 0 Å². The van der Waals surface area contributed by atoms with E-state index in [-0.39, 0.29) is 36.6 Å². The topological polar surface area (TPSA) is 75.4 Å². The van der Waals surface area contributed by atoms with Crippen molar-refractivity contribution in [3.63, 3.8) is 0 Å². The van der Waals surface area contributed by atoms with Crippen LogP contribution in [0.25, 0.3) is 0 Å². The second-order valence-electron chi connectivity index (χ2n) is 8.71. The van der Waals surface area contributed by atoms with Gasteiger partial charge in [-0.25, -0.2) is 9.78 Å². The van der Waals surface area contributed by atoms with Gasteiger partial charge in [0.2, 0.25) is 5.91 Å². The van der Waals surface area contributed by atoms with Crippen molar-refractivity contribution in [1.29, 1.82) is 0 Å². The number of nitrogens with zero attached hydrogens (tertiary/aromatic N) is 3. The third-order valence-electron chi connectivity index (χ3n) is 6.10. The minimum Gasteiger partial charge on any atom is -0.480 e. The summed E-state index contributed by atoms with van der Waals surface area (Å²) < 4.78 is 1.99. The summed E-state index contributed by atoms with van der Waals surface area (Å²) in [6, 6.07) is 16.0. The molecular formula is C27H32ClN3O3S. The Hall–Kier alpha value is -2.77. The molecule has 3 rings (SSSR count). The van der Waals surface area contributed by atoms with Crippen molar-refractivity contribution in [3.05, 3.63) is 89.0 Å². The lowest BCUT2D eigenvalue weighted by Gasteiger charge is -2.31.